The summed E-state index contributed by atoms with van der Waals surface area (Å²) in [5, 5.41) is 3.28. The van der Waals surface area contributed by atoms with E-state index in [1.807, 2.05) is 6.92 Å². The maximum Gasteiger partial charge on any atom is 0.219 e. The van der Waals surface area contributed by atoms with Crippen LogP contribution in [0.1, 0.15) is 26.2 Å². The number of rotatable bonds is 3. The second kappa shape index (κ2) is 4.07. The van der Waals surface area contributed by atoms with Gasteiger partial charge >= 0.3 is 0 Å². The lowest BCUT2D eigenvalue weighted by Crippen LogP contribution is -2.52. The van der Waals surface area contributed by atoms with Crippen molar-refractivity contribution in [2.45, 2.75) is 31.7 Å². The summed E-state index contributed by atoms with van der Waals surface area (Å²) >= 11 is 0. The fraction of sp³-hybridized carbons (Fsp3) is 0.889. The molecule has 0 aromatic heterocycles. The third-order valence-corrected chi connectivity index (χ3v) is 2.78. The third kappa shape index (κ3) is 2.97. The molecule has 2 unspecified atom stereocenters. The van der Waals surface area contributed by atoms with Crippen LogP contribution < -0.4 is 16.8 Å². The zero-order valence-corrected chi connectivity index (χ0v) is 8.18. The summed E-state index contributed by atoms with van der Waals surface area (Å²) in [5.41, 5.74) is 10.8. The number of amides is 1. The predicted molar refractivity (Wildman–Crippen MR) is 52.0 cm³/mol. The van der Waals surface area contributed by atoms with Crippen LogP contribution >= 0.6 is 0 Å². The van der Waals surface area contributed by atoms with Gasteiger partial charge in [-0.3, -0.25) is 4.79 Å². The number of hydrogen-bond donors (Lipinski definition) is 3. The number of piperidine rings is 1. The van der Waals surface area contributed by atoms with Crippen molar-refractivity contribution in [1.29, 1.82) is 0 Å². The molecule has 0 aromatic carbocycles. The molecule has 5 N–H and O–H groups in total. The molecule has 1 amide bonds. The van der Waals surface area contributed by atoms with E-state index < -0.39 is 5.54 Å². The molecule has 0 saturated carbocycles. The van der Waals surface area contributed by atoms with Gasteiger partial charge < -0.3 is 16.8 Å². The molecule has 4 heteroatoms. The lowest BCUT2D eigenvalue weighted by molar-refractivity contribution is -0.119. The highest BCUT2D eigenvalue weighted by molar-refractivity contribution is 5.75. The molecule has 1 fully saturated rings. The number of primary amides is 1. The van der Waals surface area contributed by atoms with E-state index >= 15 is 0 Å². The van der Waals surface area contributed by atoms with Crippen molar-refractivity contribution >= 4 is 5.91 Å². The van der Waals surface area contributed by atoms with Crippen LogP contribution in [-0.4, -0.2) is 24.5 Å². The van der Waals surface area contributed by atoms with Gasteiger partial charge in [0.15, 0.2) is 0 Å². The second-order valence-corrected chi connectivity index (χ2v) is 4.19. The largest absolute Gasteiger partial charge is 0.370 e. The average Bonchev–Trinajstić information content (AvgIpc) is 2.04. The van der Waals surface area contributed by atoms with Crippen LogP contribution in [0, 0.1) is 5.92 Å². The molecule has 13 heavy (non-hydrogen) atoms. The van der Waals surface area contributed by atoms with E-state index in [0.29, 0.717) is 5.92 Å². The minimum atomic E-state index is -0.445. The van der Waals surface area contributed by atoms with Gasteiger partial charge in [0.25, 0.3) is 0 Å². The van der Waals surface area contributed by atoms with E-state index in [9.17, 15) is 4.79 Å². The molecule has 2 atom stereocenters. The lowest BCUT2D eigenvalue weighted by atomic mass is 9.79. The monoisotopic (exact) mass is 185 g/mol. The average molecular weight is 185 g/mol. The number of carbonyl (C=O) groups is 1. The molecule has 0 radical (unpaired) electrons. The van der Waals surface area contributed by atoms with Crippen LogP contribution in [0.5, 0.6) is 0 Å². The van der Waals surface area contributed by atoms with Gasteiger partial charge in [-0.15, -0.1) is 0 Å². The highest BCUT2D eigenvalue weighted by Crippen LogP contribution is 2.24. The van der Waals surface area contributed by atoms with Crippen molar-refractivity contribution < 1.29 is 4.79 Å². The molecular weight excluding hydrogens is 166 g/mol. The summed E-state index contributed by atoms with van der Waals surface area (Å²) in [4.78, 5) is 10.8. The van der Waals surface area contributed by atoms with Gasteiger partial charge in [0.1, 0.15) is 0 Å². The van der Waals surface area contributed by atoms with Gasteiger partial charge in [-0.1, -0.05) is 0 Å². The normalized spacial score (nSPS) is 28.0. The van der Waals surface area contributed by atoms with Crippen LogP contribution in [-0.2, 0) is 4.79 Å². The molecule has 0 aromatic rings. The molecule has 76 valence electrons. The van der Waals surface area contributed by atoms with Crippen LogP contribution in [0.3, 0.4) is 0 Å². The molecule has 1 aliphatic heterocycles. The Kier molecular flexibility index (Phi) is 3.27. The Morgan fingerprint density at radius 2 is 2.38 bits per heavy atom. The van der Waals surface area contributed by atoms with Crippen LogP contribution in [0.15, 0.2) is 0 Å². The molecular formula is C9H19N3O. The zero-order chi connectivity index (χ0) is 9.90. The smallest absolute Gasteiger partial charge is 0.219 e. The Morgan fingerprint density at radius 1 is 1.69 bits per heavy atom. The molecule has 1 heterocycles. The van der Waals surface area contributed by atoms with E-state index in [-0.39, 0.29) is 12.3 Å². The van der Waals surface area contributed by atoms with E-state index in [2.05, 4.69) is 5.32 Å². The predicted octanol–water partition coefficient (Wildman–Crippen LogP) is -0.421. The molecule has 0 spiro atoms. The van der Waals surface area contributed by atoms with E-state index in [1.54, 1.807) is 0 Å². The van der Waals surface area contributed by atoms with Crippen molar-refractivity contribution in [2.75, 3.05) is 13.1 Å². The van der Waals surface area contributed by atoms with Crippen molar-refractivity contribution in [1.82, 2.24) is 5.32 Å². The number of carbonyl (C=O) groups excluding carboxylic acids is 1. The Hall–Kier alpha value is -0.610. The van der Waals surface area contributed by atoms with Crippen LogP contribution in [0.25, 0.3) is 0 Å². The minimum Gasteiger partial charge on any atom is -0.370 e. The van der Waals surface area contributed by atoms with Gasteiger partial charge in [0.05, 0.1) is 0 Å². The van der Waals surface area contributed by atoms with Crippen LogP contribution in [0.2, 0.25) is 0 Å². The van der Waals surface area contributed by atoms with E-state index in [4.69, 9.17) is 11.5 Å². The summed E-state index contributed by atoms with van der Waals surface area (Å²) in [7, 11) is 0. The fourth-order valence-corrected chi connectivity index (χ4v) is 1.93. The van der Waals surface area contributed by atoms with Gasteiger partial charge in [0.2, 0.25) is 5.91 Å². The maximum atomic E-state index is 10.8. The minimum absolute atomic E-state index is 0.277. The first kappa shape index (κ1) is 10.5. The quantitative estimate of drug-likeness (QED) is 0.558. The van der Waals surface area contributed by atoms with Crippen molar-refractivity contribution in [3.05, 3.63) is 0 Å². The highest BCUT2D eigenvalue weighted by Gasteiger charge is 2.32. The number of hydrogen-bond acceptors (Lipinski definition) is 3. The first-order valence-electron chi connectivity index (χ1n) is 4.80. The topological polar surface area (TPSA) is 81.1 Å². The fourth-order valence-electron chi connectivity index (χ4n) is 1.93. The molecule has 0 bridgehead atoms. The summed E-state index contributed by atoms with van der Waals surface area (Å²) < 4.78 is 0. The Labute approximate surface area is 79.0 Å². The molecule has 4 nitrogen and oxygen atoms in total. The molecule has 0 aliphatic carbocycles. The van der Waals surface area contributed by atoms with E-state index in [0.717, 1.165) is 25.9 Å². The summed E-state index contributed by atoms with van der Waals surface area (Å²) in [5.74, 6) is 0.0596. The lowest BCUT2D eigenvalue weighted by Gasteiger charge is -2.36. The van der Waals surface area contributed by atoms with Crippen molar-refractivity contribution in [3.63, 3.8) is 0 Å². The third-order valence-electron chi connectivity index (χ3n) is 2.78. The molecule has 1 rings (SSSR count). The summed E-state index contributed by atoms with van der Waals surface area (Å²) in [6, 6.07) is 0. The second-order valence-electron chi connectivity index (χ2n) is 4.19. The SMILES string of the molecule is CC(N)(CC(N)=O)C1CCCNC1. The summed E-state index contributed by atoms with van der Waals surface area (Å²) in [6.45, 7) is 3.87. The number of nitrogens with one attached hydrogen (secondary N) is 1. The van der Waals surface area contributed by atoms with Gasteiger partial charge in [-0.05, 0) is 38.8 Å². The van der Waals surface area contributed by atoms with Gasteiger partial charge in [0, 0.05) is 12.0 Å². The summed E-state index contributed by atoms with van der Waals surface area (Å²) in [6.07, 6.45) is 2.50. The molecule has 1 aliphatic rings. The Balaban J connectivity index is 2.50. The maximum absolute atomic E-state index is 10.8. The van der Waals surface area contributed by atoms with Crippen LogP contribution in [0.4, 0.5) is 0 Å². The van der Waals surface area contributed by atoms with Crippen molar-refractivity contribution in [2.24, 2.45) is 17.4 Å². The highest BCUT2D eigenvalue weighted by atomic mass is 16.1. The van der Waals surface area contributed by atoms with Gasteiger partial charge in [-0.2, -0.15) is 0 Å². The molecule has 1 saturated heterocycles. The van der Waals surface area contributed by atoms with E-state index in [1.165, 1.54) is 0 Å². The van der Waals surface area contributed by atoms with Crippen molar-refractivity contribution in [3.8, 4) is 0 Å². The number of nitrogens with two attached hydrogens (primary N) is 2. The zero-order valence-electron chi connectivity index (χ0n) is 8.18. The first-order chi connectivity index (χ1) is 6.02. The first-order valence-corrected chi connectivity index (χ1v) is 4.80. The van der Waals surface area contributed by atoms with Gasteiger partial charge in [-0.25, -0.2) is 0 Å². The Morgan fingerprint density at radius 3 is 2.85 bits per heavy atom. The Bertz CT molecular complexity index is 185. The standard InChI is InChI=1S/C9H19N3O/c1-9(11,5-8(10)13)7-3-2-4-12-6-7/h7,12H,2-6,11H2,1H3,(H2,10,13).